The Morgan fingerprint density at radius 2 is 1.91 bits per heavy atom. The number of nitrogens with one attached hydrogen (secondary N) is 2. The molecule has 0 radical (unpaired) electrons. The first-order chi connectivity index (χ1) is 15.2. The van der Waals surface area contributed by atoms with Crippen molar-refractivity contribution >= 4 is 41.6 Å². The van der Waals surface area contributed by atoms with E-state index >= 15 is 0 Å². The van der Waals surface area contributed by atoms with E-state index in [1.165, 1.54) is 18.9 Å². The number of carboxylic acid groups (broad SMARTS) is 2. The number of methoxy groups -OCH3 is 1. The minimum absolute atomic E-state index is 0.0503. The van der Waals surface area contributed by atoms with Crippen molar-refractivity contribution in [1.29, 1.82) is 0 Å². The fraction of sp³-hybridized carbons (Fsp3) is 0.650. The molecule has 1 saturated heterocycles. The monoisotopic (exact) mass is 487 g/mol. The van der Waals surface area contributed by atoms with Crippen molar-refractivity contribution in [2.45, 2.75) is 69.7 Å². The molecule has 2 aliphatic rings. The predicted octanol–water partition coefficient (Wildman–Crippen LogP) is 0.867. The number of nitrogens with zero attached hydrogens (tertiary/aromatic N) is 1. The summed E-state index contributed by atoms with van der Waals surface area (Å²) in [4.78, 5) is 61.2. The Labute approximate surface area is 195 Å². The zero-order valence-electron chi connectivity index (χ0n) is 19.1. The summed E-state index contributed by atoms with van der Waals surface area (Å²) in [5.41, 5.74) is -2.09. The van der Waals surface area contributed by atoms with Crippen molar-refractivity contribution in [3.8, 4) is 0 Å². The molecule has 2 heterocycles. The molecule has 33 heavy (non-hydrogen) atoms. The van der Waals surface area contributed by atoms with Gasteiger partial charge in [-0.15, -0.1) is 11.8 Å². The van der Waals surface area contributed by atoms with Gasteiger partial charge in [0.15, 0.2) is 0 Å². The number of carbonyl (C=O) groups is 5. The van der Waals surface area contributed by atoms with Crippen LogP contribution in [0.4, 0.5) is 4.79 Å². The van der Waals surface area contributed by atoms with Gasteiger partial charge < -0.3 is 30.3 Å². The number of hydrogen-bond acceptors (Lipinski definition) is 8. The number of thioether (sulfide) groups is 1. The van der Waals surface area contributed by atoms with Gasteiger partial charge in [-0.05, 0) is 46.1 Å². The molecule has 12 nitrogen and oxygen atoms in total. The van der Waals surface area contributed by atoms with Gasteiger partial charge in [-0.1, -0.05) is 0 Å². The van der Waals surface area contributed by atoms with Crippen LogP contribution in [0.3, 0.4) is 0 Å². The SMILES string of the molecule is COC1(NC(=O)CCCC(NC(=O)OC(C)(C)C)C(=O)O)C(=O)N2C(C(=O)O)=C(C)CS[C@@H]21. The number of hydrogen-bond donors (Lipinski definition) is 4. The third kappa shape index (κ3) is 5.77. The molecule has 0 aromatic carbocycles. The number of alkyl carbamates (subject to hydrolysis) is 1. The highest BCUT2D eigenvalue weighted by molar-refractivity contribution is 8.00. The van der Waals surface area contributed by atoms with Gasteiger partial charge >= 0.3 is 18.0 Å². The summed E-state index contributed by atoms with van der Waals surface area (Å²) in [6.45, 7) is 6.54. The lowest BCUT2D eigenvalue weighted by atomic mass is 9.98. The number of rotatable bonds is 9. The third-order valence-electron chi connectivity index (χ3n) is 4.96. The van der Waals surface area contributed by atoms with Crippen LogP contribution in [-0.4, -0.2) is 80.6 Å². The van der Waals surface area contributed by atoms with E-state index in [2.05, 4.69) is 10.6 Å². The van der Waals surface area contributed by atoms with Crippen LogP contribution in [-0.2, 0) is 28.7 Å². The molecule has 184 valence electrons. The first kappa shape index (κ1) is 26.5. The molecule has 0 aromatic heterocycles. The van der Waals surface area contributed by atoms with Crippen molar-refractivity contribution in [3.63, 3.8) is 0 Å². The summed E-state index contributed by atoms with van der Waals surface area (Å²) in [6.07, 6.45) is -0.987. The Balaban J connectivity index is 1.96. The second kappa shape index (κ2) is 10.00. The minimum Gasteiger partial charge on any atom is -0.480 e. The number of aliphatic carboxylic acids is 2. The Bertz CT molecular complexity index is 882. The molecule has 2 aliphatic heterocycles. The van der Waals surface area contributed by atoms with Crippen molar-refractivity contribution < 1.29 is 43.7 Å². The van der Waals surface area contributed by atoms with Crippen molar-refractivity contribution in [2.24, 2.45) is 0 Å². The van der Waals surface area contributed by atoms with Crippen LogP contribution >= 0.6 is 11.8 Å². The van der Waals surface area contributed by atoms with Crippen LogP contribution in [0.25, 0.3) is 0 Å². The van der Waals surface area contributed by atoms with Crippen molar-refractivity contribution in [1.82, 2.24) is 15.5 Å². The molecule has 1 fully saturated rings. The Morgan fingerprint density at radius 1 is 1.27 bits per heavy atom. The highest BCUT2D eigenvalue weighted by Crippen LogP contribution is 2.46. The van der Waals surface area contributed by atoms with Crippen LogP contribution in [0.5, 0.6) is 0 Å². The molecule has 3 atom stereocenters. The van der Waals surface area contributed by atoms with E-state index in [1.807, 2.05) is 0 Å². The number of carboxylic acids is 2. The Kier molecular flexibility index (Phi) is 8.01. The zero-order valence-corrected chi connectivity index (χ0v) is 19.9. The normalized spacial score (nSPS) is 23.2. The van der Waals surface area contributed by atoms with Gasteiger partial charge in [0, 0.05) is 19.3 Å². The van der Waals surface area contributed by atoms with E-state index in [1.54, 1.807) is 27.7 Å². The minimum atomic E-state index is -1.70. The number of carbonyl (C=O) groups excluding carboxylic acids is 3. The Morgan fingerprint density at radius 3 is 2.42 bits per heavy atom. The molecular formula is C20H29N3O9S. The first-order valence-corrected chi connectivity index (χ1v) is 11.2. The second-order valence-electron chi connectivity index (χ2n) is 8.69. The summed E-state index contributed by atoms with van der Waals surface area (Å²) in [6, 6.07) is -1.26. The van der Waals surface area contributed by atoms with Crippen LogP contribution in [0.2, 0.25) is 0 Å². The fourth-order valence-electron chi connectivity index (χ4n) is 3.48. The standard InChI is InChI=1S/C20H29N3O9S/c1-10-9-33-17-20(31-5,16(29)23(17)13(10)15(27)28)22-12(24)8-6-7-11(14(25)26)21-18(30)32-19(2,3)4/h11,17H,6-9H2,1-5H3,(H,21,30)(H,22,24)(H,25,26)(H,27,28)/t11?,17-,20?/m1/s1. The van der Waals surface area contributed by atoms with Gasteiger partial charge in [0.1, 0.15) is 22.7 Å². The van der Waals surface area contributed by atoms with Gasteiger partial charge in [-0.25, -0.2) is 14.4 Å². The highest BCUT2D eigenvalue weighted by Gasteiger charge is 2.66. The quantitative estimate of drug-likeness (QED) is 0.270. The molecule has 0 bridgehead atoms. The fourth-order valence-corrected chi connectivity index (χ4v) is 4.86. The number of β-lactam (4-membered cyclic amide) rings is 1. The van der Waals surface area contributed by atoms with Gasteiger partial charge in [0.2, 0.25) is 5.91 Å². The second-order valence-corrected chi connectivity index (χ2v) is 9.76. The smallest absolute Gasteiger partial charge is 0.408 e. The summed E-state index contributed by atoms with van der Waals surface area (Å²) in [5.74, 6) is -3.42. The molecule has 0 aliphatic carbocycles. The summed E-state index contributed by atoms with van der Waals surface area (Å²) >= 11 is 1.27. The first-order valence-electron chi connectivity index (χ1n) is 10.2. The van der Waals surface area contributed by atoms with E-state index < -0.39 is 52.6 Å². The number of fused-ring (bicyclic) bond motifs is 1. The molecule has 0 saturated carbocycles. The summed E-state index contributed by atoms with van der Waals surface area (Å²) in [5, 5.41) is 22.8. The molecular weight excluding hydrogens is 458 g/mol. The Hall–Kier alpha value is -2.80. The van der Waals surface area contributed by atoms with Gasteiger partial charge in [-0.2, -0.15) is 0 Å². The van der Waals surface area contributed by atoms with Crippen LogP contribution in [0, 0.1) is 0 Å². The van der Waals surface area contributed by atoms with Gasteiger partial charge in [0.25, 0.3) is 11.6 Å². The summed E-state index contributed by atoms with van der Waals surface area (Å²) in [7, 11) is 1.24. The van der Waals surface area contributed by atoms with E-state index in [4.69, 9.17) is 9.47 Å². The number of amides is 3. The van der Waals surface area contributed by atoms with E-state index in [0.717, 1.165) is 4.90 Å². The number of ether oxygens (including phenoxy) is 2. The van der Waals surface area contributed by atoms with Crippen LogP contribution in [0.1, 0.15) is 47.0 Å². The van der Waals surface area contributed by atoms with Crippen molar-refractivity contribution in [3.05, 3.63) is 11.3 Å². The molecule has 2 unspecified atom stereocenters. The van der Waals surface area contributed by atoms with Crippen molar-refractivity contribution in [2.75, 3.05) is 12.9 Å². The van der Waals surface area contributed by atoms with Gasteiger partial charge in [0.05, 0.1) is 0 Å². The molecule has 2 rings (SSSR count). The van der Waals surface area contributed by atoms with E-state index in [-0.39, 0.29) is 25.0 Å². The topological polar surface area (TPSA) is 172 Å². The largest absolute Gasteiger partial charge is 0.480 e. The summed E-state index contributed by atoms with van der Waals surface area (Å²) < 4.78 is 10.4. The average Bonchev–Trinajstić information content (AvgIpc) is 2.68. The van der Waals surface area contributed by atoms with E-state index in [0.29, 0.717) is 11.3 Å². The maximum Gasteiger partial charge on any atom is 0.408 e. The van der Waals surface area contributed by atoms with Crippen LogP contribution in [0.15, 0.2) is 11.3 Å². The maximum atomic E-state index is 12.8. The average molecular weight is 488 g/mol. The predicted molar refractivity (Wildman–Crippen MR) is 116 cm³/mol. The molecule has 13 heteroatoms. The lowest BCUT2D eigenvalue weighted by Gasteiger charge is -2.55. The lowest BCUT2D eigenvalue weighted by Crippen LogP contribution is -2.80. The molecule has 3 amide bonds. The van der Waals surface area contributed by atoms with Gasteiger partial charge in [-0.3, -0.25) is 14.5 Å². The highest BCUT2D eigenvalue weighted by atomic mass is 32.2. The maximum absolute atomic E-state index is 12.8. The van der Waals surface area contributed by atoms with E-state index in [9.17, 15) is 34.2 Å². The lowest BCUT2D eigenvalue weighted by molar-refractivity contribution is -0.192. The zero-order chi connectivity index (χ0) is 25.1. The van der Waals surface area contributed by atoms with Crippen LogP contribution < -0.4 is 10.6 Å². The molecule has 4 N–H and O–H groups in total. The molecule has 0 aromatic rings. The molecule has 0 spiro atoms. The third-order valence-corrected chi connectivity index (χ3v) is 6.42.